The zero-order chi connectivity index (χ0) is 18.0. The van der Waals surface area contributed by atoms with E-state index in [9.17, 15) is 9.90 Å². The molecule has 0 aliphatic heterocycles. The van der Waals surface area contributed by atoms with E-state index < -0.39 is 11.5 Å². The summed E-state index contributed by atoms with van der Waals surface area (Å²) in [7, 11) is 0. The number of rotatable bonds is 5. The van der Waals surface area contributed by atoms with Gasteiger partial charge in [0.1, 0.15) is 23.4 Å². The van der Waals surface area contributed by atoms with Gasteiger partial charge >= 0.3 is 0 Å². The van der Waals surface area contributed by atoms with Crippen LogP contribution in [0.15, 0.2) is 47.1 Å². The third-order valence-electron chi connectivity index (χ3n) is 3.93. The topological polar surface area (TPSA) is 93.2 Å². The Morgan fingerprint density at radius 3 is 2.68 bits per heavy atom. The Bertz CT molecular complexity index is 881. The summed E-state index contributed by atoms with van der Waals surface area (Å²) >= 11 is 0. The van der Waals surface area contributed by atoms with Gasteiger partial charge in [0.05, 0.1) is 12.2 Å². The Kier molecular flexibility index (Phi) is 4.41. The second-order valence-corrected chi connectivity index (χ2v) is 6.13. The molecule has 1 unspecified atom stereocenters. The number of nitrogens with zero attached hydrogens (tertiary/aromatic N) is 3. The maximum Gasteiger partial charge on any atom is 0.291 e. The highest BCUT2D eigenvalue weighted by molar-refractivity contribution is 5.90. The third kappa shape index (κ3) is 3.61. The van der Waals surface area contributed by atoms with Crippen molar-refractivity contribution in [3.05, 3.63) is 65.6 Å². The van der Waals surface area contributed by atoms with E-state index >= 15 is 0 Å². The van der Waals surface area contributed by atoms with Crippen molar-refractivity contribution in [3.8, 4) is 5.69 Å². The fourth-order valence-corrected chi connectivity index (χ4v) is 2.66. The van der Waals surface area contributed by atoms with Gasteiger partial charge in [-0.2, -0.15) is 0 Å². The van der Waals surface area contributed by atoms with E-state index in [4.69, 9.17) is 4.42 Å². The molecule has 0 saturated carbocycles. The van der Waals surface area contributed by atoms with E-state index in [0.29, 0.717) is 17.1 Å². The highest BCUT2D eigenvalue weighted by atomic mass is 16.3. The molecule has 0 radical (unpaired) electrons. The van der Waals surface area contributed by atoms with E-state index in [-0.39, 0.29) is 12.4 Å². The number of nitrogens with one attached hydrogen (secondary N) is 1. The van der Waals surface area contributed by atoms with Gasteiger partial charge < -0.3 is 14.8 Å². The summed E-state index contributed by atoms with van der Waals surface area (Å²) in [6.45, 7) is 5.24. The first-order valence-electron chi connectivity index (χ1n) is 7.92. The minimum Gasteiger partial charge on any atom is -0.466 e. The van der Waals surface area contributed by atoms with Crippen LogP contribution in [0.5, 0.6) is 0 Å². The normalized spacial score (nSPS) is 13.4. The Labute approximate surface area is 145 Å². The fourth-order valence-electron chi connectivity index (χ4n) is 2.66. The Morgan fingerprint density at radius 1 is 1.32 bits per heavy atom. The molecule has 1 amide bonds. The first-order valence-corrected chi connectivity index (χ1v) is 7.92. The van der Waals surface area contributed by atoms with Crippen molar-refractivity contribution in [1.82, 2.24) is 20.1 Å². The third-order valence-corrected chi connectivity index (χ3v) is 3.93. The van der Waals surface area contributed by atoms with Gasteiger partial charge in [-0.05, 0) is 39.0 Å². The van der Waals surface area contributed by atoms with Crippen molar-refractivity contribution in [3.63, 3.8) is 0 Å². The standard InChI is InChI=1S/C18H20N4O3/c1-12-9-15(13(2)25-12)18(3,24)10-19-17(23)16-20-11-22(21-16)14-7-5-4-6-8-14/h4-9,11,24H,10H2,1-3H3,(H,19,23). The van der Waals surface area contributed by atoms with Crippen molar-refractivity contribution >= 4 is 5.91 Å². The maximum atomic E-state index is 12.3. The number of aromatic nitrogens is 3. The summed E-state index contributed by atoms with van der Waals surface area (Å²) in [6.07, 6.45) is 1.48. The molecule has 2 heterocycles. The fraction of sp³-hybridized carbons (Fsp3) is 0.278. The van der Waals surface area contributed by atoms with Crippen LogP contribution in [0.3, 0.4) is 0 Å². The van der Waals surface area contributed by atoms with Gasteiger partial charge in [-0.25, -0.2) is 9.67 Å². The number of aryl methyl sites for hydroxylation is 2. The van der Waals surface area contributed by atoms with Crippen molar-refractivity contribution in [2.75, 3.05) is 6.54 Å². The molecule has 3 rings (SSSR count). The number of hydrogen-bond donors (Lipinski definition) is 2. The van der Waals surface area contributed by atoms with Gasteiger partial charge in [-0.15, -0.1) is 5.10 Å². The molecule has 3 aromatic rings. The molecule has 7 heteroatoms. The molecule has 0 aliphatic rings. The lowest BCUT2D eigenvalue weighted by molar-refractivity contribution is 0.0511. The SMILES string of the molecule is Cc1cc(C(C)(O)CNC(=O)c2ncn(-c3ccccc3)n2)c(C)o1. The Balaban J connectivity index is 1.69. The molecule has 130 valence electrons. The van der Waals surface area contributed by atoms with Gasteiger partial charge in [-0.1, -0.05) is 18.2 Å². The highest BCUT2D eigenvalue weighted by Crippen LogP contribution is 2.26. The van der Waals surface area contributed by atoms with Crippen molar-refractivity contribution in [1.29, 1.82) is 0 Å². The second-order valence-electron chi connectivity index (χ2n) is 6.13. The molecule has 0 aliphatic carbocycles. The number of para-hydroxylation sites is 1. The summed E-state index contributed by atoms with van der Waals surface area (Å²) in [5, 5.41) is 17.5. The lowest BCUT2D eigenvalue weighted by Crippen LogP contribution is -2.39. The molecular formula is C18H20N4O3. The van der Waals surface area contributed by atoms with Crippen LogP contribution in [0, 0.1) is 13.8 Å². The summed E-state index contributed by atoms with van der Waals surface area (Å²) in [6, 6.07) is 11.2. The maximum absolute atomic E-state index is 12.3. The summed E-state index contributed by atoms with van der Waals surface area (Å²) in [4.78, 5) is 16.3. The highest BCUT2D eigenvalue weighted by Gasteiger charge is 2.28. The quantitative estimate of drug-likeness (QED) is 0.742. The van der Waals surface area contributed by atoms with Gasteiger partial charge in [0.2, 0.25) is 5.82 Å². The van der Waals surface area contributed by atoms with Gasteiger partial charge in [0, 0.05) is 5.56 Å². The van der Waals surface area contributed by atoms with Crippen LogP contribution >= 0.6 is 0 Å². The monoisotopic (exact) mass is 340 g/mol. The van der Waals surface area contributed by atoms with Crippen LogP contribution in [0.2, 0.25) is 0 Å². The van der Waals surface area contributed by atoms with Crippen LogP contribution in [0.1, 0.15) is 34.6 Å². The number of aliphatic hydroxyl groups is 1. The molecule has 2 aromatic heterocycles. The van der Waals surface area contributed by atoms with E-state index in [2.05, 4.69) is 15.4 Å². The smallest absolute Gasteiger partial charge is 0.291 e. The molecule has 1 atom stereocenters. The van der Waals surface area contributed by atoms with E-state index in [0.717, 1.165) is 5.69 Å². The number of carbonyl (C=O) groups is 1. The summed E-state index contributed by atoms with van der Waals surface area (Å²) < 4.78 is 6.97. The molecule has 7 nitrogen and oxygen atoms in total. The molecule has 25 heavy (non-hydrogen) atoms. The zero-order valence-electron chi connectivity index (χ0n) is 14.4. The zero-order valence-corrected chi connectivity index (χ0v) is 14.4. The Hall–Kier alpha value is -2.93. The van der Waals surface area contributed by atoms with Crippen LogP contribution in [-0.4, -0.2) is 32.3 Å². The van der Waals surface area contributed by atoms with Crippen LogP contribution in [0.4, 0.5) is 0 Å². The average Bonchev–Trinajstić information content (AvgIpc) is 3.20. The number of hydrogen-bond acceptors (Lipinski definition) is 5. The molecule has 0 bridgehead atoms. The van der Waals surface area contributed by atoms with E-state index in [1.54, 1.807) is 19.9 Å². The average molecular weight is 340 g/mol. The first-order chi connectivity index (χ1) is 11.9. The predicted molar refractivity (Wildman–Crippen MR) is 91.4 cm³/mol. The number of benzene rings is 1. The lowest BCUT2D eigenvalue weighted by atomic mass is 9.96. The lowest BCUT2D eigenvalue weighted by Gasteiger charge is -2.22. The summed E-state index contributed by atoms with van der Waals surface area (Å²) in [5.41, 5.74) is 0.207. The first kappa shape index (κ1) is 16.9. The molecule has 0 saturated heterocycles. The van der Waals surface area contributed by atoms with E-state index in [1.807, 2.05) is 37.3 Å². The van der Waals surface area contributed by atoms with Crippen molar-refractivity contribution in [2.45, 2.75) is 26.4 Å². The van der Waals surface area contributed by atoms with Gasteiger partial charge in [0.15, 0.2) is 0 Å². The number of furan rings is 1. The molecular weight excluding hydrogens is 320 g/mol. The number of carbonyl (C=O) groups excluding carboxylic acids is 1. The van der Waals surface area contributed by atoms with Gasteiger partial charge in [0.25, 0.3) is 5.91 Å². The van der Waals surface area contributed by atoms with Crippen LogP contribution in [0.25, 0.3) is 5.69 Å². The molecule has 0 fully saturated rings. The minimum absolute atomic E-state index is 0.0194. The largest absolute Gasteiger partial charge is 0.466 e. The minimum atomic E-state index is -1.25. The van der Waals surface area contributed by atoms with Crippen LogP contribution < -0.4 is 5.32 Å². The summed E-state index contributed by atoms with van der Waals surface area (Å²) in [5.74, 6) is 0.929. The van der Waals surface area contributed by atoms with Gasteiger partial charge in [-0.3, -0.25) is 4.79 Å². The predicted octanol–water partition coefficient (Wildman–Crippen LogP) is 2.11. The second kappa shape index (κ2) is 6.52. The molecule has 0 spiro atoms. The van der Waals surface area contributed by atoms with E-state index in [1.165, 1.54) is 11.0 Å². The number of amides is 1. The van der Waals surface area contributed by atoms with Crippen LogP contribution in [-0.2, 0) is 5.60 Å². The molecule has 2 N–H and O–H groups in total. The van der Waals surface area contributed by atoms with Crippen molar-refractivity contribution < 1.29 is 14.3 Å². The Morgan fingerprint density at radius 2 is 2.04 bits per heavy atom. The van der Waals surface area contributed by atoms with Crippen molar-refractivity contribution in [2.24, 2.45) is 0 Å². The molecule has 1 aromatic carbocycles.